The molecule has 0 bridgehead atoms. The zero-order valence-electron chi connectivity index (χ0n) is 20.3. The van der Waals surface area contributed by atoms with Crippen molar-refractivity contribution in [1.29, 1.82) is 0 Å². The normalized spacial score (nSPS) is 11.9. The third kappa shape index (κ3) is 6.64. The molecule has 5 heteroatoms. The maximum atomic E-state index is 5.21. The Morgan fingerprint density at radius 3 is 2.29 bits per heavy atom. The SMILES string of the molecule is C=N/C(=C(/C)N(CCCCC)Cc1ccc(-c2ccccc2CN=NN)cc1)c1ccccc1. The minimum Gasteiger partial charge on any atom is -0.369 e. The summed E-state index contributed by atoms with van der Waals surface area (Å²) in [5.41, 5.74) is 7.87. The number of aliphatic imine (C=N–C) groups is 1. The number of nitrogens with zero attached hydrogens (tertiary/aromatic N) is 4. The van der Waals surface area contributed by atoms with Crippen molar-refractivity contribution >= 4 is 12.4 Å². The molecule has 2 N–H and O–H groups in total. The molecule has 176 valence electrons. The molecule has 0 radical (unpaired) electrons. The zero-order chi connectivity index (χ0) is 24.2. The van der Waals surface area contributed by atoms with E-state index in [0.717, 1.165) is 53.2 Å². The van der Waals surface area contributed by atoms with E-state index in [9.17, 15) is 0 Å². The molecule has 0 aliphatic heterocycles. The second-order valence-corrected chi connectivity index (χ2v) is 8.36. The molecular formula is C29H35N5. The number of nitrogens with two attached hydrogens (primary N) is 1. The van der Waals surface area contributed by atoms with Gasteiger partial charge in [0.25, 0.3) is 0 Å². The van der Waals surface area contributed by atoms with E-state index >= 15 is 0 Å². The summed E-state index contributed by atoms with van der Waals surface area (Å²) in [6, 6.07) is 27.3. The van der Waals surface area contributed by atoms with Crippen molar-refractivity contribution in [3.63, 3.8) is 0 Å². The maximum absolute atomic E-state index is 5.21. The van der Waals surface area contributed by atoms with Crippen LogP contribution >= 0.6 is 0 Å². The van der Waals surface area contributed by atoms with Gasteiger partial charge in [-0.25, -0.2) is 0 Å². The first-order chi connectivity index (χ1) is 16.7. The van der Waals surface area contributed by atoms with Crippen molar-refractivity contribution in [3.8, 4) is 11.1 Å². The molecule has 0 spiro atoms. The highest BCUT2D eigenvalue weighted by Gasteiger charge is 2.13. The van der Waals surface area contributed by atoms with Gasteiger partial charge in [0, 0.05) is 24.4 Å². The lowest BCUT2D eigenvalue weighted by atomic mass is 9.98. The number of hydrogen-bond acceptors (Lipinski definition) is 4. The van der Waals surface area contributed by atoms with Crippen molar-refractivity contribution in [1.82, 2.24) is 4.90 Å². The predicted octanol–water partition coefficient (Wildman–Crippen LogP) is 7.26. The second-order valence-electron chi connectivity index (χ2n) is 8.36. The van der Waals surface area contributed by atoms with Crippen LogP contribution < -0.4 is 5.84 Å². The first-order valence-corrected chi connectivity index (χ1v) is 11.9. The highest BCUT2D eigenvalue weighted by molar-refractivity contribution is 5.70. The molecule has 3 aromatic rings. The smallest absolute Gasteiger partial charge is 0.0882 e. The summed E-state index contributed by atoms with van der Waals surface area (Å²) in [4.78, 5) is 6.83. The first kappa shape index (κ1) is 24.9. The fraction of sp³-hybridized carbons (Fsp3) is 0.276. The van der Waals surface area contributed by atoms with Crippen LogP contribution in [-0.2, 0) is 13.1 Å². The third-order valence-corrected chi connectivity index (χ3v) is 6.03. The lowest BCUT2D eigenvalue weighted by molar-refractivity contribution is 0.329. The average molecular weight is 454 g/mol. The van der Waals surface area contributed by atoms with E-state index in [-0.39, 0.29) is 0 Å². The van der Waals surface area contributed by atoms with Crippen molar-refractivity contribution in [3.05, 3.63) is 101 Å². The van der Waals surface area contributed by atoms with Gasteiger partial charge in [-0.05, 0) is 42.3 Å². The molecule has 0 fully saturated rings. The highest BCUT2D eigenvalue weighted by atomic mass is 15.3. The van der Waals surface area contributed by atoms with Gasteiger partial charge in [0.1, 0.15) is 0 Å². The van der Waals surface area contributed by atoms with E-state index in [1.807, 2.05) is 30.3 Å². The summed E-state index contributed by atoms with van der Waals surface area (Å²) in [6.45, 7) is 10.5. The van der Waals surface area contributed by atoms with E-state index in [0.29, 0.717) is 6.54 Å². The Hall–Kier alpha value is -3.73. The molecule has 34 heavy (non-hydrogen) atoms. The Kier molecular flexibility index (Phi) is 9.59. The van der Waals surface area contributed by atoms with Crippen molar-refractivity contribution < 1.29 is 0 Å². The largest absolute Gasteiger partial charge is 0.369 e. The Balaban J connectivity index is 1.86. The lowest BCUT2D eigenvalue weighted by Crippen LogP contribution is -2.23. The minimum atomic E-state index is 0.473. The number of unbranched alkanes of at least 4 members (excludes halogenated alkanes) is 2. The van der Waals surface area contributed by atoms with Crippen LogP contribution in [0.5, 0.6) is 0 Å². The fourth-order valence-electron chi connectivity index (χ4n) is 4.15. The molecule has 3 aromatic carbocycles. The van der Waals surface area contributed by atoms with Gasteiger partial charge in [-0.1, -0.05) is 104 Å². The molecule has 0 saturated heterocycles. The zero-order valence-corrected chi connectivity index (χ0v) is 20.3. The topological polar surface area (TPSA) is 66.3 Å². The van der Waals surface area contributed by atoms with Crippen molar-refractivity contribution in [2.24, 2.45) is 21.2 Å². The van der Waals surface area contributed by atoms with E-state index in [2.05, 4.69) is 89.3 Å². The standard InChI is InChI=1S/C29H35N5/c1-4-5-11-20-34(23(2)29(31-3)26-12-7-6-8-13-26)22-24-16-18-25(19-17-24)28-15-10-9-14-27(28)21-32-33-30/h6-10,12-19H,3-5,11,20-22H2,1-2H3,(H2,30,32)/b29-23-. The van der Waals surface area contributed by atoms with Crippen LogP contribution in [0.4, 0.5) is 0 Å². The van der Waals surface area contributed by atoms with Gasteiger partial charge in [0.2, 0.25) is 0 Å². The molecular weight excluding hydrogens is 418 g/mol. The average Bonchev–Trinajstić information content (AvgIpc) is 2.88. The molecule has 0 heterocycles. The summed E-state index contributed by atoms with van der Waals surface area (Å²) in [5, 5.41) is 7.37. The summed E-state index contributed by atoms with van der Waals surface area (Å²) in [5.74, 6) is 5.21. The quantitative estimate of drug-likeness (QED) is 0.103. The Labute approximate surface area is 203 Å². The molecule has 3 rings (SSSR count). The molecule has 5 nitrogen and oxygen atoms in total. The second kappa shape index (κ2) is 13.1. The summed E-state index contributed by atoms with van der Waals surface area (Å²) in [7, 11) is 0. The Morgan fingerprint density at radius 1 is 0.912 bits per heavy atom. The summed E-state index contributed by atoms with van der Waals surface area (Å²) < 4.78 is 0. The van der Waals surface area contributed by atoms with Crippen LogP contribution in [0.1, 0.15) is 49.8 Å². The molecule has 0 atom stereocenters. The Bertz CT molecular complexity index is 1100. The number of allylic oxidation sites excluding steroid dienone is 1. The maximum Gasteiger partial charge on any atom is 0.0882 e. The number of rotatable bonds is 12. The van der Waals surface area contributed by atoms with Crippen LogP contribution in [0.25, 0.3) is 16.8 Å². The van der Waals surface area contributed by atoms with E-state index in [1.54, 1.807) is 0 Å². The predicted molar refractivity (Wildman–Crippen MR) is 143 cm³/mol. The highest BCUT2D eigenvalue weighted by Crippen LogP contribution is 2.27. The molecule has 0 aliphatic carbocycles. The van der Waals surface area contributed by atoms with Crippen molar-refractivity contribution in [2.45, 2.75) is 46.2 Å². The van der Waals surface area contributed by atoms with Gasteiger partial charge >= 0.3 is 0 Å². The van der Waals surface area contributed by atoms with Crippen molar-refractivity contribution in [2.75, 3.05) is 6.54 Å². The summed E-state index contributed by atoms with van der Waals surface area (Å²) >= 11 is 0. The van der Waals surface area contributed by atoms with Gasteiger partial charge in [-0.3, -0.25) is 4.99 Å². The molecule has 0 amide bonds. The number of benzene rings is 3. The molecule has 0 aliphatic rings. The lowest BCUT2D eigenvalue weighted by Gasteiger charge is -2.27. The van der Waals surface area contributed by atoms with Crippen LogP contribution in [0, 0.1) is 0 Å². The van der Waals surface area contributed by atoms with Crippen LogP contribution in [0.2, 0.25) is 0 Å². The van der Waals surface area contributed by atoms with Gasteiger partial charge in [-0.15, -0.1) is 0 Å². The molecule has 0 aromatic heterocycles. The van der Waals surface area contributed by atoms with Crippen LogP contribution in [-0.4, -0.2) is 18.2 Å². The van der Waals surface area contributed by atoms with Gasteiger partial charge in [0.15, 0.2) is 0 Å². The van der Waals surface area contributed by atoms with Gasteiger partial charge in [0.05, 0.1) is 12.2 Å². The molecule has 0 saturated carbocycles. The van der Waals surface area contributed by atoms with Gasteiger partial charge in [-0.2, -0.15) is 5.11 Å². The van der Waals surface area contributed by atoms with Crippen LogP contribution in [0.3, 0.4) is 0 Å². The van der Waals surface area contributed by atoms with E-state index in [4.69, 9.17) is 5.84 Å². The van der Waals surface area contributed by atoms with E-state index < -0.39 is 0 Å². The summed E-state index contributed by atoms with van der Waals surface area (Å²) in [6.07, 6.45) is 3.55. The fourth-order valence-corrected chi connectivity index (χ4v) is 4.15. The van der Waals surface area contributed by atoms with Crippen LogP contribution in [0.15, 0.2) is 99.9 Å². The first-order valence-electron chi connectivity index (χ1n) is 11.9. The third-order valence-electron chi connectivity index (χ3n) is 6.03. The minimum absolute atomic E-state index is 0.473. The number of hydrogen-bond donors (Lipinski definition) is 1. The molecule has 0 unspecified atom stereocenters. The Morgan fingerprint density at radius 2 is 1.62 bits per heavy atom. The monoisotopic (exact) mass is 453 g/mol. The van der Waals surface area contributed by atoms with Gasteiger partial charge < -0.3 is 10.7 Å². The van der Waals surface area contributed by atoms with E-state index in [1.165, 1.54) is 18.4 Å².